The van der Waals surface area contributed by atoms with Crippen molar-refractivity contribution >= 4 is 11.4 Å². The molecule has 0 aromatic heterocycles. The Morgan fingerprint density at radius 3 is 3.06 bits per heavy atom. The number of rotatable bonds is 4. The molecule has 1 heterocycles. The van der Waals surface area contributed by atoms with Crippen molar-refractivity contribution < 1.29 is 14.4 Å². The van der Waals surface area contributed by atoms with Gasteiger partial charge in [-0.2, -0.15) is 0 Å². The first-order valence-corrected chi connectivity index (χ1v) is 5.45. The lowest BCUT2D eigenvalue weighted by Crippen LogP contribution is -2.16. The van der Waals surface area contributed by atoms with Crippen LogP contribution in [0.2, 0.25) is 0 Å². The minimum absolute atomic E-state index is 0.0344. The minimum atomic E-state index is -0.499. The third-order valence-electron chi connectivity index (χ3n) is 2.63. The summed E-state index contributed by atoms with van der Waals surface area (Å²) in [5.41, 5.74) is 5.74. The Morgan fingerprint density at radius 1 is 1.59 bits per heavy atom. The van der Waals surface area contributed by atoms with Crippen molar-refractivity contribution in [1.82, 2.24) is 0 Å². The van der Waals surface area contributed by atoms with Gasteiger partial charge in [-0.3, -0.25) is 10.1 Å². The number of hydrogen-bond acceptors (Lipinski definition) is 5. The van der Waals surface area contributed by atoms with Gasteiger partial charge in [0.05, 0.1) is 11.0 Å². The zero-order valence-electron chi connectivity index (χ0n) is 9.30. The molecule has 17 heavy (non-hydrogen) atoms. The van der Waals surface area contributed by atoms with Crippen molar-refractivity contribution in [3.8, 4) is 5.75 Å². The van der Waals surface area contributed by atoms with Crippen LogP contribution >= 0.6 is 0 Å². The van der Waals surface area contributed by atoms with Crippen LogP contribution in [0.3, 0.4) is 0 Å². The monoisotopic (exact) mass is 238 g/mol. The summed E-state index contributed by atoms with van der Waals surface area (Å²) in [5, 5.41) is 10.8. The molecular formula is C11H14N2O4. The van der Waals surface area contributed by atoms with Crippen LogP contribution in [0.25, 0.3) is 0 Å². The van der Waals surface area contributed by atoms with Crippen molar-refractivity contribution in [2.24, 2.45) is 0 Å². The number of nitro groups is 1. The fourth-order valence-corrected chi connectivity index (χ4v) is 1.76. The van der Waals surface area contributed by atoms with Gasteiger partial charge in [0, 0.05) is 18.4 Å². The maximum Gasteiger partial charge on any atom is 0.312 e. The maximum atomic E-state index is 10.8. The summed E-state index contributed by atoms with van der Waals surface area (Å²) in [5.74, 6) is 0.236. The summed E-state index contributed by atoms with van der Waals surface area (Å²) in [4.78, 5) is 10.3. The lowest BCUT2D eigenvalue weighted by atomic mass is 10.2. The first kappa shape index (κ1) is 11.7. The molecule has 1 unspecified atom stereocenters. The quantitative estimate of drug-likeness (QED) is 0.490. The lowest BCUT2D eigenvalue weighted by Gasteiger charge is -2.11. The molecule has 2 N–H and O–H groups in total. The van der Waals surface area contributed by atoms with Crippen molar-refractivity contribution in [2.45, 2.75) is 18.9 Å². The second-order valence-electron chi connectivity index (χ2n) is 3.93. The highest BCUT2D eigenvalue weighted by molar-refractivity contribution is 5.56. The van der Waals surface area contributed by atoms with E-state index in [1.807, 2.05) is 0 Å². The molecule has 1 atom stereocenters. The van der Waals surface area contributed by atoms with Crippen LogP contribution in [-0.2, 0) is 4.74 Å². The van der Waals surface area contributed by atoms with E-state index in [2.05, 4.69) is 0 Å². The molecule has 0 bridgehead atoms. The molecule has 0 saturated carbocycles. The van der Waals surface area contributed by atoms with Gasteiger partial charge in [-0.15, -0.1) is 0 Å². The first-order valence-electron chi connectivity index (χ1n) is 5.45. The normalized spacial score (nSPS) is 19.2. The Labute approximate surface area is 98.5 Å². The van der Waals surface area contributed by atoms with E-state index in [4.69, 9.17) is 15.2 Å². The number of nitrogens with two attached hydrogens (primary N) is 1. The second kappa shape index (κ2) is 5.01. The van der Waals surface area contributed by atoms with E-state index < -0.39 is 4.92 Å². The average molecular weight is 238 g/mol. The molecule has 1 aromatic carbocycles. The molecule has 0 amide bonds. The van der Waals surface area contributed by atoms with E-state index in [-0.39, 0.29) is 17.5 Å². The van der Waals surface area contributed by atoms with Crippen LogP contribution in [0.15, 0.2) is 18.2 Å². The zero-order valence-corrected chi connectivity index (χ0v) is 9.30. The van der Waals surface area contributed by atoms with Crippen molar-refractivity contribution in [3.05, 3.63) is 28.3 Å². The second-order valence-corrected chi connectivity index (χ2v) is 3.93. The third-order valence-corrected chi connectivity index (χ3v) is 2.63. The van der Waals surface area contributed by atoms with Crippen LogP contribution in [0, 0.1) is 10.1 Å². The highest BCUT2D eigenvalue weighted by Crippen LogP contribution is 2.29. The van der Waals surface area contributed by atoms with Gasteiger partial charge in [0.1, 0.15) is 6.61 Å². The minimum Gasteiger partial charge on any atom is -0.484 e. The van der Waals surface area contributed by atoms with Gasteiger partial charge in [-0.25, -0.2) is 0 Å². The molecule has 0 spiro atoms. The number of ether oxygens (including phenoxy) is 2. The van der Waals surface area contributed by atoms with Crippen LogP contribution in [0.1, 0.15) is 12.8 Å². The maximum absolute atomic E-state index is 10.8. The molecule has 1 fully saturated rings. The lowest BCUT2D eigenvalue weighted by molar-refractivity contribution is -0.385. The number of nitrogens with zero attached hydrogens (tertiary/aromatic N) is 1. The van der Waals surface area contributed by atoms with Crippen LogP contribution in [0.5, 0.6) is 5.75 Å². The van der Waals surface area contributed by atoms with Crippen LogP contribution in [0.4, 0.5) is 11.4 Å². The van der Waals surface area contributed by atoms with Gasteiger partial charge < -0.3 is 15.2 Å². The highest BCUT2D eigenvalue weighted by atomic mass is 16.6. The van der Waals surface area contributed by atoms with Gasteiger partial charge >= 0.3 is 5.69 Å². The van der Waals surface area contributed by atoms with Gasteiger partial charge in [0.2, 0.25) is 0 Å². The smallest absolute Gasteiger partial charge is 0.312 e. The molecule has 6 nitrogen and oxygen atoms in total. The molecule has 0 radical (unpaired) electrons. The number of anilines is 1. The Morgan fingerprint density at radius 2 is 2.41 bits per heavy atom. The molecule has 1 aliphatic rings. The summed E-state index contributed by atoms with van der Waals surface area (Å²) in [7, 11) is 0. The van der Waals surface area contributed by atoms with Crippen molar-refractivity contribution in [2.75, 3.05) is 18.9 Å². The van der Waals surface area contributed by atoms with Crippen LogP contribution < -0.4 is 10.5 Å². The third kappa shape index (κ3) is 2.85. The summed E-state index contributed by atoms with van der Waals surface area (Å²) in [6.07, 6.45) is 1.98. The molecular weight excluding hydrogens is 224 g/mol. The molecule has 2 rings (SSSR count). The Kier molecular flexibility index (Phi) is 3.43. The predicted molar refractivity (Wildman–Crippen MR) is 62.0 cm³/mol. The van der Waals surface area contributed by atoms with Gasteiger partial charge in [0.15, 0.2) is 5.75 Å². The Hall–Kier alpha value is -1.82. The Balaban J connectivity index is 2.06. The highest BCUT2D eigenvalue weighted by Gasteiger charge is 2.20. The van der Waals surface area contributed by atoms with Gasteiger partial charge in [0.25, 0.3) is 0 Å². The number of nitrogen functional groups attached to an aromatic ring is 1. The van der Waals surface area contributed by atoms with E-state index in [0.717, 1.165) is 19.4 Å². The largest absolute Gasteiger partial charge is 0.484 e. The molecule has 1 aliphatic heterocycles. The van der Waals surface area contributed by atoms with E-state index in [0.29, 0.717) is 12.3 Å². The van der Waals surface area contributed by atoms with E-state index in [1.54, 1.807) is 6.07 Å². The molecule has 0 aliphatic carbocycles. The number of nitro benzene ring substituents is 1. The SMILES string of the molecule is Nc1ccc(OCC2CCCO2)c([N+](=O)[O-])c1. The summed E-state index contributed by atoms with van der Waals surface area (Å²) >= 11 is 0. The van der Waals surface area contributed by atoms with Gasteiger partial charge in [-0.05, 0) is 25.0 Å². The predicted octanol–water partition coefficient (Wildman–Crippen LogP) is 1.73. The number of hydrogen-bond donors (Lipinski definition) is 1. The number of benzene rings is 1. The summed E-state index contributed by atoms with van der Waals surface area (Å²) in [6, 6.07) is 4.39. The fraction of sp³-hybridized carbons (Fsp3) is 0.455. The zero-order chi connectivity index (χ0) is 12.3. The molecule has 92 valence electrons. The van der Waals surface area contributed by atoms with E-state index in [9.17, 15) is 10.1 Å². The fourth-order valence-electron chi connectivity index (χ4n) is 1.76. The van der Waals surface area contributed by atoms with E-state index >= 15 is 0 Å². The standard InChI is InChI=1S/C11H14N2O4/c12-8-3-4-11(10(6-8)13(14)15)17-7-9-2-1-5-16-9/h3-4,6,9H,1-2,5,7,12H2. The summed E-state index contributed by atoms with van der Waals surface area (Å²) in [6.45, 7) is 1.07. The molecule has 1 aromatic rings. The van der Waals surface area contributed by atoms with Gasteiger partial charge in [-0.1, -0.05) is 0 Å². The van der Waals surface area contributed by atoms with Crippen molar-refractivity contribution in [3.63, 3.8) is 0 Å². The Bertz CT molecular complexity index is 416. The summed E-state index contributed by atoms with van der Waals surface area (Å²) < 4.78 is 10.8. The molecule has 1 saturated heterocycles. The van der Waals surface area contributed by atoms with Crippen LogP contribution in [-0.4, -0.2) is 24.2 Å². The average Bonchev–Trinajstić information content (AvgIpc) is 2.80. The van der Waals surface area contributed by atoms with E-state index in [1.165, 1.54) is 12.1 Å². The molecule has 6 heteroatoms. The first-order chi connectivity index (χ1) is 8.16. The topological polar surface area (TPSA) is 87.6 Å². The van der Waals surface area contributed by atoms with Crippen molar-refractivity contribution in [1.29, 1.82) is 0 Å².